The maximum Gasteiger partial charge on any atom is 0.128 e. The van der Waals surface area contributed by atoms with Crippen LogP contribution in [0.3, 0.4) is 0 Å². The molecule has 2 aromatic rings. The molecular formula is C16H19BrN4. The zero-order valence-electron chi connectivity index (χ0n) is 11.9. The first-order valence-electron chi connectivity index (χ1n) is 7.14. The van der Waals surface area contributed by atoms with Crippen molar-refractivity contribution in [3.05, 3.63) is 52.6 Å². The van der Waals surface area contributed by atoms with Crippen LogP contribution in [0.4, 0.5) is 11.5 Å². The Morgan fingerprint density at radius 2 is 1.81 bits per heavy atom. The second-order valence-electron chi connectivity index (χ2n) is 5.30. The van der Waals surface area contributed by atoms with E-state index in [1.165, 1.54) is 10.0 Å². The molecule has 4 nitrogen and oxygen atoms in total. The van der Waals surface area contributed by atoms with Gasteiger partial charge in [-0.2, -0.15) is 0 Å². The molecule has 0 atom stereocenters. The number of rotatable bonds is 3. The van der Waals surface area contributed by atoms with Gasteiger partial charge in [-0.15, -0.1) is 0 Å². The third kappa shape index (κ3) is 3.54. The summed E-state index contributed by atoms with van der Waals surface area (Å²) in [6, 6.07) is 12.3. The van der Waals surface area contributed by atoms with Crippen LogP contribution in [0.5, 0.6) is 0 Å². The number of nitrogen functional groups attached to an aromatic ring is 1. The lowest BCUT2D eigenvalue weighted by molar-refractivity contribution is 0.249. The molecule has 1 aromatic heterocycles. The number of aromatic nitrogens is 1. The lowest BCUT2D eigenvalue weighted by Gasteiger charge is -2.35. The van der Waals surface area contributed by atoms with Crippen LogP contribution in [0.25, 0.3) is 0 Å². The van der Waals surface area contributed by atoms with Crippen LogP contribution >= 0.6 is 15.9 Å². The molecule has 0 saturated carbocycles. The second-order valence-corrected chi connectivity index (χ2v) is 6.16. The molecule has 110 valence electrons. The molecule has 1 saturated heterocycles. The van der Waals surface area contributed by atoms with Gasteiger partial charge in [0.15, 0.2) is 0 Å². The van der Waals surface area contributed by atoms with Gasteiger partial charge in [-0.3, -0.25) is 4.90 Å². The minimum absolute atomic E-state index is 0.714. The highest BCUT2D eigenvalue weighted by Crippen LogP contribution is 2.20. The standard InChI is InChI=1S/C16H19BrN4/c17-15-4-2-1-3-13(15)12-20-7-9-21(10-8-20)16-6-5-14(18)11-19-16/h1-6,11H,7-10,12,18H2. The van der Waals surface area contributed by atoms with Crippen LogP contribution in [0.2, 0.25) is 0 Å². The molecule has 0 amide bonds. The smallest absolute Gasteiger partial charge is 0.128 e. The van der Waals surface area contributed by atoms with Gasteiger partial charge in [-0.25, -0.2) is 4.98 Å². The predicted molar refractivity (Wildman–Crippen MR) is 90.3 cm³/mol. The van der Waals surface area contributed by atoms with E-state index >= 15 is 0 Å². The summed E-state index contributed by atoms with van der Waals surface area (Å²) in [6.07, 6.45) is 1.72. The first-order valence-corrected chi connectivity index (χ1v) is 7.94. The van der Waals surface area contributed by atoms with Crippen molar-refractivity contribution in [2.24, 2.45) is 0 Å². The molecule has 0 radical (unpaired) electrons. The van der Waals surface area contributed by atoms with Crippen molar-refractivity contribution in [1.29, 1.82) is 0 Å². The lowest BCUT2D eigenvalue weighted by Crippen LogP contribution is -2.46. The minimum atomic E-state index is 0.714. The fraction of sp³-hybridized carbons (Fsp3) is 0.312. The first kappa shape index (κ1) is 14.4. The summed E-state index contributed by atoms with van der Waals surface area (Å²) in [5, 5.41) is 0. The normalized spacial score (nSPS) is 16.1. The van der Waals surface area contributed by atoms with Gasteiger partial charge in [0.25, 0.3) is 0 Å². The minimum Gasteiger partial charge on any atom is -0.397 e. The average Bonchev–Trinajstić information content (AvgIpc) is 2.51. The molecule has 0 unspecified atom stereocenters. The number of hydrogen-bond donors (Lipinski definition) is 1. The van der Waals surface area contributed by atoms with Crippen LogP contribution in [0.1, 0.15) is 5.56 Å². The Bertz CT molecular complexity index is 591. The van der Waals surface area contributed by atoms with E-state index in [1.807, 2.05) is 12.1 Å². The van der Waals surface area contributed by atoms with Crippen molar-refractivity contribution < 1.29 is 0 Å². The van der Waals surface area contributed by atoms with E-state index in [-0.39, 0.29) is 0 Å². The molecule has 21 heavy (non-hydrogen) atoms. The summed E-state index contributed by atoms with van der Waals surface area (Å²) >= 11 is 3.62. The van der Waals surface area contributed by atoms with Gasteiger partial charge in [-0.05, 0) is 23.8 Å². The summed E-state index contributed by atoms with van der Waals surface area (Å²) < 4.78 is 1.19. The molecule has 1 aliphatic rings. The average molecular weight is 347 g/mol. The van der Waals surface area contributed by atoms with Gasteiger partial charge in [0.2, 0.25) is 0 Å². The zero-order valence-corrected chi connectivity index (χ0v) is 13.5. The number of anilines is 2. The van der Waals surface area contributed by atoms with Crippen molar-refractivity contribution in [1.82, 2.24) is 9.88 Å². The Morgan fingerprint density at radius 1 is 1.05 bits per heavy atom. The van der Waals surface area contributed by atoms with E-state index in [1.54, 1.807) is 6.20 Å². The summed E-state index contributed by atoms with van der Waals surface area (Å²) in [5.74, 6) is 1.02. The van der Waals surface area contributed by atoms with Crippen LogP contribution in [0.15, 0.2) is 47.1 Å². The molecule has 1 fully saturated rings. The summed E-state index contributed by atoms with van der Waals surface area (Å²) in [4.78, 5) is 9.20. The predicted octanol–water partition coefficient (Wildman–Crippen LogP) is 2.75. The fourth-order valence-electron chi connectivity index (χ4n) is 2.59. The van der Waals surface area contributed by atoms with Gasteiger partial charge in [-0.1, -0.05) is 34.1 Å². The van der Waals surface area contributed by atoms with Gasteiger partial charge < -0.3 is 10.6 Å². The Labute approximate surface area is 133 Å². The number of hydrogen-bond acceptors (Lipinski definition) is 4. The molecule has 0 aliphatic carbocycles. The van der Waals surface area contributed by atoms with E-state index in [4.69, 9.17) is 5.73 Å². The molecule has 5 heteroatoms. The maximum atomic E-state index is 5.68. The van der Waals surface area contributed by atoms with Crippen LogP contribution in [0, 0.1) is 0 Å². The second kappa shape index (κ2) is 6.45. The van der Waals surface area contributed by atoms with Crippen LogP contribution in [-0.4, -0.2) is 36.1 Å². The number of pyridine rings is 1. The van der Waals surface area contributed by atoms with E-state index in [0.29, 0.717) is 5.69 Å². The molecule has 2 heterocycles. The number of piperazine rings is 1. The van der Waals surface area contributed by atoms with E-state index in [9.17, 15) is 0 Å². The Balaban J connectivity index is 1.58. The van der Waals surface area contributed by atoms with Gasteiger partial charge in [0.1, 0.15) is 5.82 Å². The largest absolute Gasteiger partial charge is 0.397 e. The Hall–Kier alpha value is -1.59. The monoisotopic (exact) mass is 346 g/mol. The number of nitrogens with two attached hydrogens (primary N) is 1. The zero-order chi connectivity index (χ0) is 14.7. The Morgan fingerprint density at radius 3 is 2.48 bits per heavy atom. The maximum absolute atomic E-state index is 5.68. The van der Waals surface area contributed by atoms with Crippen LogP contribution in [-0.2, 0) is 6.54 Å². The van der Waals surface area contributed by atoms with E-state index in [0.717, 1.165) is 38.5 Å². The quantitative estimate of drug-likeness (QED) is 0.928. The van der Waals surface area contributed by atoms with Gasteiger partial charge in [0, 0.05) is 37.2 Å². The van der Waals surface area contributed by atoms with Crippen molar-refractivity contribution in [2.75, 3.05) is 36.8 Å². The van der Waals surface area contributed by atoms with E-state index in [2.05, 4.69) is 55.0 Å². The molecule has 1 aliphatic heterocycles. The van der Waals surface area contributed by atoms with Crippen molar-refractivity contribution >= 4 is 27.4 Å². The highest BCUT2D eigenvalue weighted by atomic mass is 79.9. The highest BCUT2D eigenvalue weighted by molar-refractivity contribution is 9.10. The summed E-state index contributed by atoms with van der Waals surface area (Å²) in [6.45, 7) is 5.09. The molecule has 2 N–H and O–H groups in total. The molecule has 3 rings (SSSR count). The fourth-order valence-corrected chi connectivity index (χ4v) is 3.00. The molecular weight excluding hydrogens is 328 g/mol. The SMILES string of the molecule is Nc1ccc(N2CCN(Cc3ccccc3Br)CC2)nc1. The van der Waals surface area contributed by atoms with Gasteiger partial charge >= 0.3 is 0 Å². The van der Waals surface area contributed by atoms with Crippen molar-refractivity contribution in [3.8, 4) is 0 Å². The van der Waals surface area contributed by atoms with Crippen LogP contribution < -0.4 is 10.6 Å². The van der Waals surface area contributed by atoms with Crippen molar-refractivity contribution in [3.63, 3.8) is 0 Å². The first-order chi connectivity index (χ1) is 10.2. The lowest BCUT2D eigenvalue weighted by atomic mass is 10.2. The third-order valence-corrected chi connectivity index (χ3v) is 4.59. The third-order valence-electron chi connectivity index (χ3n) is 3.82. The van der Waals surface area contributed by atoms with Gasteiger partial charge in [0.05, 0.1) is 11.9 Å². The summed E-state index contributed by atoms with van der Waals surface area (Å²) in [5.41, 5.74) is 7.74. The molecule has 0 bridgehead atoms. The topological polar surface area (TPSA) is 45.4 Å². The van der Waals surface area contributed by atoms with E-state index < -0.39 is 0 Å². The van der Waals surface area contributed by atoms with Crippen molar-refractivity contribution in [2.45, 2.75) is 6.54 Å². The number of nitrogens with zero attached hydrogens (tertiary/aromatic N) is 3. The number of halogens is 1. The Kier molecular flexibility index (Phi) is 4.41. The highest BCUT2D eigenvalue weighted by Gasteiger charge is 2.18. The summed E-state index contributed by atoms with van der Waals surface area (Å²) in [7, 11) is 0. The molecule has 0 spiro atoms. The molecule has 1 aromatic carbocycles. The number of benzene rings is 1.